The molecule has 2 aliphatic heterocycles. The van der Waals surface area contributed by atoms with Crippen LogP contribution in [-0.4, -0.2) is 42.4 Å². The molecule has 2 amide bonds. The molecule has 0 radical (unpaired) electrons. The summed E-state index contributed by atoms with van der Waals surface area (Å²) in [5.74, 6) is -0.875. The topological polar surface area (TPSA) is 52.7 Å². The first-order valence-corrected chi connectivity index (χ1v) is 10.3. The van der Waals surface area contributed by atoms with Gasteiger partial charge in [-0.25, -0.2) is 4.39 Å². The summed E-state index contributed by atoms with van der Waals surface area (Å²) in [5.41, 5.74) is 1.85. The summed E-state index contributed by atoms with van der Waals surface area (Å²) in [6.45, 7) is 2.90. The van der Waals surface area contributed by atoms with Crippen LogP contribution >= 0.6 is 0 Å². The van der Waals surface area contributed by atoms with Crippen molar-refractivity contribution in [3.63, 3.8) is 0 Å². The normalized spacial score (nSPS) is 19.5. The summed E-state index contributed by atoms with van der Waals surface area (Å²) in [6, 6.07) is 13.8. The average Bonchev–Trinajstić information content (AvgIpc) is 3.26. The van der Waals surface area contributed by atoms with E-state index in [0.717, 1.165) is 37.9 Å². The van der Waals surface area contributed by atoms with E-state index >= 15 is 0 Å². The second kappa shape index (κ2) is 8.64. The summed E-state index contributed by atoms with van der Waals surface area (Å²) in [7, 11) is 0. The molecule has 2 saturated heterocycles. The van der Waals surface area contributed by atoms with E-state index in [1.807, 2.05) is 35.2 Å². The van der Waals surface area contributed by atoms with Gasteiger partial charge in [0.1, 0.15) is 11.9 Å². The van der Waals surface area contributed by atoms with E-state index in [9.17, 15) is 14.0 Å². The van der Waals surface area contributed by atoms with Crippen molar-refractivity contribution in [2.75, 3.05) is 24.5 Å². The predicted octanol–water partition coefficient (Wildman–Crippen LogP) is 3.35. The van der Waals surface area contributed by atoms with Gasteiger partial charge in [0.2, 0.25) is 5.91 Å². The van der Waals surface area contributed by atoms with E-state index < -0.39 is 11.9 Å². The molecule has 2 aromatic carbocycles. The molecule has 1 atom stereocenters. The molecular weight excluding hydrogens is 369 g/mol. The van der Waals surface area contributed by atoms with Crippen molar-refractivity contribution in [3.8, 4) is 0 Å². The first-order valence-electron chi connectivity index (χ1n) is 10.3. The SMILES string of the molecule is O=C(NC1CCCN(Cc2ccccc2)C1=O)c1ccc(N2CCCC2)c(F)c1. The van der Waals surface area contributed by atoms with Crippen molar-refractivity contribution in [1.82, 2.24) is 10.2 Å². The molecule has 0 aliphatic carbocycles. The molecule has 2 aromatic rings. The number of hydrogen-bond acceptors (Lipinski definition) is 3. The Labute approximate surface area is 170 Å². The molecule has 6 heteroatoms. The Morgan fingerprint density at radius 2 is 1.79 bits per heavy atom. The first-order chi connectivity index (χ1) is 14.1. The third-order valence-electron chi connectivity index (χ3n) is 5.71. The lowest BCUT2D eigenvalue weighted by molar-refractivity contribution is -0.136. The monoisotopic (exact) mass is 395 g/mol. The molecule has 2 heterocycles. The lowest BCUT2D eigenvalue weighted by atomic mass is 10.0. The van der Waals surface area contributed by atoms with E-state index in [-0.39, 0.29) is 17.3 Å². The molecule has 5 nitrogen and oxygen atoms in total. The van der Waals surface area contributed by atoms with Gasteiger partial charge in [0.05, 0.1) is 5.69 Å². The smallest absolute Gasteiger partial charge is 0.252 e. The van der Waals surface area contributed by atoms with Gasteiger partial charge in [-0.1, -0.05) is 30.3 Å². The number of halogens is 1. The molecular formula is C23H26FN3O2. The lowest BCUT2D eigenvalue weighted by Gasteiger charge is -2.32. The van der Waals surface area contributed by atoms with Crippen LogP contribution in [0.1, 0.15) is 41.6 Å². The fraction of sp³-hybridized carbons (Fsp3) is 0.391. The van der Waals surface area contributed by atoms with Crippen LogP contribution < -0.4 is 10.2 Å². The largest absolute Gasteiger partial charge is 0.369 e. The number of nitrogens with one attached hydrogen (secondary N) is 1. The van der Waals surface area contributed by atoms with Gasteiger partial charge in [0, 0.05) is 31.7 Å². The summed E-state index contributed by atoms with van der Waals surface area (Å²) < 4.78 is 14.5. The number of rotatable bonds is 5. The van der Waals surface area contributed by atoms with E-state index in [1.165, 1.54) is 6.07 Å². The Morgan fingerprint density at radius 1 is 1.03 bits per heavy atom. The highest BCUT2D eigenvalue weighted by Crippen LogP contribution is 2.24. The number of carbonyl (C=O) groups is 2. The molecule has 1 N–H and O–H groups in total. The van der Waals surface area contributed by atoms with Crippen LogP contribution in [0.4, 0.5) is 10.1 Å². The molecule has 0 spiro atoms. The van der Waals surface area contributed by atoms with Gasteiger partial charge in [-0.3, -0.25) is 9.59 Å². The number of benzene rings is 2. The van der Waals surface area contributed by atoms with E-state index in [0.29, 0.717) is 25.2 Å². The second-order valence-electron chi connectivity index (χ2n) is 7.77. The standard InChI is InChI=1S/C23H26FN3O2/c24-19-15-18(10-11-21(19)26-12-4-5-13-26)22(28)25-20-9-6-14-27(23(20)29)16-17-7-2-1-3-8-17/h1-3,7-8,10-11,15,20H,4-6,9,12-14,16H2,(H,25,28). The van der Waals surface area contributed by atoms with Crippen LogP contribution in [0.3, 0.4) is 0 Å². The van der Waals surface area contributed by atoms with Gasteiger partial charge in [-0.15, -0.1) is 0 Å². The van der Waals surface area contributed by atoms with Gasteiger partial charge in [-0.2, -0.15) is 0 Å². The molecule has 152 valence electrons. The van der Waals surface area contributed by atoms with Crippen LogP contribution in [0.25, 0.3) is 0 Å². The fourth-order valence-electron chi connectivity index (χ4n) is 4.14. The van der Waals surface area contributed by atoms with Gasteiger partial charge in [0.15, 0.2) is 0 Å². The Morgan fingerprint density at radius 3 is 2.52 bits per heavy atom. The number of anilines is 1. The maximum atomic E-state index is 14.5. The molecule has 29 heavy (non-hydrogen) atoms. The Hall–Kier alpha value is -2.89. The third kappa shape index (κ3) is 4.42. The number of carbonyl (C=O) groups excluding carboxylic acids is 2. The summed E-state index contributed by atoms with van der Waals surface area (Å²) >= 11 is 0. The maximum absolute atomic E-state index is 14.5. The van der Waals surface area contributed by atoms with Gasteiger partial charge in [0.25, 0.3) is 5.91 Å². The molecule has 0 bridgehead atoms. The first kappa shape index (κ1) is 19.4. The third-order valence-corrected chi connectivity index (χ3v) is 5.71. The molecule has 0 saturated carbocycles. The van der Waals surface area contributed by atoms with Crippen LogP contribution in [-0.2, 0) is 11.3 Å². The quantitative estimate of drug-likeness (QED) is 0.845. The van der Waals surface area contributed by atoms with Crippen molar-refractivity contribution < 1.29 is 14.0 Å². The van der Waals surface area contributed by atoms with Crippen LogP contribution in [0, 0.1) is 5.82 Å². The zero-order valence-electron chi connectivity index (χ0n) is 16.4. The van der Waals surface area contributed by atoms with Crippen LogP contribution in [0.15, 0.2) is 48.5 Å². The summed E-state index contributed by atoms with van der Waals surface area (Å²) in [4.78, 5) is 29.2. The van der Waals surface area contributed by atoms with Crippen molar-refractivity contribution >= 4 is 17.5 Å². The minimum atomic E-state index is -0.568. The number of piperidine rings is 1. The number of amides is 2. The molecule has 2 fully saturated rings. The summed E-state index contributed by atoms with van der Waals surface area (Å²) in [6.07, 6.45) is 3.55. The highest BCUT2D eigenvalue weighted by atomic mass is 19.1. The van der Waals surface area contributed by atoms with Crippen LogP contribution in [0.5, 0.6) is 0 Å². The maximum Gasteiger partial charge on any atom is 0.252 e. The van der Waals surface area contributed by atoms with Crippen molar-refractivity contribution in [1.29, 1.82) is 0 Å². The Bertz CT molecular complexity index is 881. The summed E-state index contributed by atoms with van der Waals surface area (Å²) in [5, 5.41) is 2.81. The predicted molar refractivity (Wildman–Crippen MR) is 110 cm³/mol. The Kier molecular flexibility index (Phi) is 5.79. The van der Waals surface area contributed by atoms with E-state index in [1.54, 1.807) is 17.0 Å². The van der Waals surface area contributed by atoms with Gasteiger partial charge >= 0.3 is 0 Å². The minimum Gasteiger partial charge on any atom is -0.369 e. The lowest BCUT2D eigenvalue weighted by Crippen LogP contribution is -2.51. The van der Waals surface area contributed by atoms with E-state index in [4.69, 9.17) is 0 Å². The number of likely N-dealkylation sites (tertiary alicyclic amines) is 1. The van der Waals surface area contributed by atoms with Gasteiger partial charge in [-0.05, 0) is 49.4 Å². The van der Waals surface area contributed by atoms with Crippen molar-refractivity contribution in [2.24, 2.45) is 0 Å². The minimum absolute atomic E-state index is 0.0809. The average molecular weight is 395 g/mol. The zero-order chi connectivity index (χ0) is 20.2. The van der Waals surface area contributed by atoms with Crippen LogP contribution in [0.2, 0.25) is 0 Å². The number of nitrogens with zero attached hydrogens (tertiary/aromatic N) is 2. The number of hydrogen-bond donors (Lipinski definition) is 1. The molecule has 2 aliphatic rings. The Balaban J connectivity index is 1.41. The molecule has 0 aromatic heterocycles. The highest BCUT2D eigenvalue weighted by Gasteiger charge is 2.30. The highest BCUT2D eigenvalue weighted by molar-refractivity contribution is 5.98. The second-order valence-corrected chi connectivity index (χ2v) is 7.77. The fourth-order valence-corrected chi connectivity index (χ4v) is 4.14. The molecule has 1 unspecified atom stereocenters. The zero-order valence-corrected chi connectivity index (χ0v) is 16.4. The molecule has 4 rings (SSSR count). The van der Waals surface area contributed by atoms with Crippen molar-refractivity contribution in [3.05, 3.63) is 65.5 Å². The van der Waals surface area contributed by atoms with Crippen molar-refractivity contribution in [2.45, 2.75) is 38.3 Å². The van der Waals surface area contributed by atoms with E-state index in [2.05, 4.69) is 5.32 Å². The van der Waals surface area contributed by atoms with Gasteiger partial charge < -0.3 is 15.1 Å².